The number of carboxylic acid groups (broad SMARTS) is 1. The Hall–Kier alpha value is -2.44. The Labute approximate surface area is 115 Å². The molecule has 1 N–H and O–H groups in total. The van der Waals surface area contributed by atoms with Crippen LogP contribution in [0.4, 0.5) is 15.8 Å². The molecule has 0 unspecified atom stereocenters. The van der Waals surface area contributed by atoms with Crippen LogP contribution in [0.15, 0.2) is 24.3 Å². The van der Waals surface area contributed by atoms with Crippen LogP contribution < -0.4 is 4.90 Å². The highest BCUT2D eigenvalue weighted by atomic mass is 19.1. The van der Waals surface area contributed by atoms with E-state index in [2.05, 4.69) is 6.58 Å². The van der Waals surface area contributed by atoms with E-state index in [0.29, 0.717) is 19.2 Å². The second-order valence-electron chi connectivity index (χ2n) is 4.35. The molecule has 0 saturated carbocycles. The maximum absolute atomic E-state index is 13.5. The van der Waals surface area contributed by atoms with E-state index < -0.39 is 28.0 Å². The molecule has 1 aromatic rings. The van der Waals surface area contributed by atoms with Crippen molar-refractivity contribution < 1.29 is 19.2 Å². The lowest BCUT2D eigenvalue weighted by Crippen LogP contribution is -2.25. The first-order valence-corrected chi connectivity index (χ1v) is 5.88. The lowest BCUT2D eigenvalue weighted by atomic mass is 10.1. The summed E-state index contributed by atoms with van der Waals surface area (Å²) in [4.78, 5) is 22.8. The molecule has 108 valence electrons. The summed E-state index contributed by atoms with van der Waals surface area (Å²) in [7, 11) is 0. The Morgan fingerprint density at radius 2 is 2.15 bits per heavy atom. The van der Waals surface area contributed by atoms with E-state index in [9.17, 15) is 19.3 Å². The third-order valence-electron chi connectivity index (χ3n) is 2.67. The monoisotopic (exact) mass is 282 g/mol. The number of anilines is 1. The zero-order chi connectivity index (χ0) is 15.4. The Bertz CT molecular complexity index is 572. The van der Waals surface area contributed by atoms with Gasteiger partial charge in [0.15, 0.2) is 0 Å². The third kappa shape index (κ3) is 3.31. The average Bonchev–Trinajstić information content (AvgIpc) is 2.35. The number of aromatic carboxylic acids is 1. The van der Waals surface area contributed by atoms with Crippen molar-refractivity contribution in [3.63, 3.8) is 0 Å². The van der Waals surface area contributed by atoms with E-state index >= 15 is 0 Å². The van der Waals surface area contributed by atoms with Crippen LogP contribution in [0.5, 0.6) is 0 Å². The summed E-state index contributed by atoms with van der Waals surface area (Å²) in [5.74, 6) is -2.59. The van der Waals surface area contributed by atoms with Gasteiger partial charge in [-0.05, 0) is 19.9 Å². The molecule has 1 rings (SSSR count). The molecule has 0 aliphatic rings. The van der Waals surface area contributed by atoms with Crippen LogP contribution in [0, 0.1) is 15.9 Å². The molecule has 0 fully saturated rings. The van der Waals surface area contributed by atoms with Crippen LogP contribution in [0.3, 0.4) is 0 Å². The van der Waals surface area contributed by atoms with Gasteiger partial charge in [-0.15, -0.1) is 0 Å². The molecule has 6 nitrogen and oxygen atoms in total. The molecular weight excluding hydrogens is 267 g/mol. The lowest BCUT2D eigenvalue weighted by molar-refractivity contribution is -0.384. The smallest absolute Gasteiger partial charge is 0.338 e. The number of nitro benzene ring substituents is 1. The van der Waals surface area contributed by atoms with Crippen molar-refractivity contribution in [1.82, 2.24) is 0 Å². The summed E-state index contributed by atoms with van der Waals surface area (Å²) in [6.07, 6.45) is 0. The molecule has 0 bridgehead atoms. The van der Waals surface area contributed by atoms with Crippen molar-refractivity contribution in [1.29, 1.82) is 0 Å². The van der Waals surface area contributed by atoms with Gasteiger partial charge in [0.2, 0.25) is 0 Å². The predicted molar refractivity (Wildman–Crippen MR) is 72.7 cm³/mol. The Morgan fingerprint density at radius 1 is 1.55 bits per heavy atom. The molecule has 0 heterocycles. The Kier molecular flexibility index (Phi) is 4.79. The van der Waals surface area contributed by atoms with Gasteiger partial charge in [-0.2, -0.15) is 0 Å². The predicted octanol–water partition coefficient (Wildman–Crippen LogP) is 2.83. The van der Waals surface area contributed by atoms with Crippen LogP contribution in [-0.2, 0) is 0 Å². The number of nitrogens with zero attached hydrogens (tertiary/aromatic N) is 2. The molecule has 7 heteroatoms. The average molecular weight is 282 g/mol. The first-order valence-electron chi connectivity index (χ1n) is 5.88. The Balaban J connectivity index is 3.47. The summed E-state index contributed by atoms with van der Waals surface area (Å²) in [5, 5.41) is 19.9. The molecule has 0 aliphatic heterocycles. The standard InChI is InChI=1S/C13H15FN2O4/c1-4-15(7-8(2)3)11-5-9(13(17)18)10(14)6-12(11)16(19)20/h5-6H,2,4,7H2,1,3H3,(H,17,18). The largest absolute Gasteiger partial charge is 0.478 e. The molecule has 1 aromatic carbocycles. The molecular formula is C13H15FN2O4. The van der Waals surface area contributed by atoms with E-state index in [1.54, 1.807) is 18.7 Å². The maximum atomic E-state index is 13.5. The quantitative estimate of drug-likeness (QED) is 0.492. The molecule has 0 saturated heterocycles. The van der Waals surface area contributed by atoms with Gasteiger partial charge in [-0.25, -0.2) is 9.18 Å². The highest BCUT2D eigenvalue weighted by Gasteiger charge is 2.24. The van der Waals surface area contributed by atoms with E-state index in [0.717, 1.165) is 11.6 Å². The summed E-state index contributed by atoms with van der Waals surface area (Å²) in [6.45, 7) is 7.95. The van der Waals surface area contributed by atoms with E-state index in [-0.39, 0.29) is 5.69 Å². The molecule has 20 heavy (non-hydrogen) atoms. The molecule has 0 aromatic heterocycles. The van der Waals surface area contributed by atoms with E-state index in [4.69, 9.17) is 5.11 Å². The first-order chi connectivity index (χ1) is 9.27. The van der Waals surface area contributed by atoms with Gasteiger partial charge < -0.3 is 10.0 Å². The van der Waals surface area contributed by atoms with Gasteiger partial charge in [-0.3, -0.25) is 10.1 Å². The van der Waals surface area contributed by atoms with Gasteiger partial charge in [0.1, 0.15) is 11.5 Å². The van der Waals surface area contributed by atoms with Crippen molar-refractivity contribution in [2.24, 2.45) is 0 Å². The number of halogens is 1. The van der Waals surface area contributed by atoms with Gasteiger partial charge in [0.05, 0.1) is 16.6 Å². The van der Waals surface area contributed by atoms with E-state index in [1.807, 2.05) is 0 Å². The van der Waals surface area contributed by atoms with Crippen molar-refractivity contribution in [3.8, 4) is 0 Å². The van der Waals surface area contributed by atoms with Crippen molar-refractivity contribution >= 4 is 17.3 Å². The van der Waals surface area contributed by atoms with Crippen LogP contribution >= 0.6 is 0 Å². The zero-order valence-electron chi connectivity index (χ0n) is 11.2. The van der Waals surface area contributed by atoms with Gasteiger partial charge >= 0.3 is 5.97 Å². The van der Waals surface area contributed by atoms with Gasteiger partial charge in [0, 0.05) is 13.1 Å². The number of carbonyl (C=O) groups is 1. The highest BCUT2D eigenvalue weighted by Crippen LogP contribution is 2.31. The highest BCUT2D eigenvalue weighted by molar-refractivity contribution is 5.90. The minimum atomic E-state index is -1.47. The lowest BCUT2D eigenvalue weighted by Gasteiger charge is -2.23. The Morgan fingerprint density at radius 3 is 2.55 bits per heavy atom. The van der Waals surface area contributed by atoms with Crippen molar-refractivity contribution in [2.45, 2.75) is 13.8 Å². The number of carboxylic acids is 1. The molecule has 0 atom stereocenters. The minimum Gasteiger partial charge on any atom is -0.478 e. The second kappa shape index (κ2) is 6.14. The van der Waals surface area contributed by atoms with Gasteiger partial charge in [-0.1, -0.05) is 12.2 Å². The fourth-order valence-corrected chi connectivity index (χ4v) is 1.81. The van der Waals surface area contributed by atoms with Crippen LogP contribution in [0.1, 0.15) is 24.2 Å². The fraction of sp³-hybridized carbons (Fsp3) is 0.308. The van der Waals surface area contributed by atoms with Gasteiger partial charge in [0.25, 0.3) is 5.69 Å². The topological polar surface area (TPSA) is 83.7 Å². The number of hydrogen-bond donors (Lipinski definition) is 1. The fourth-order valence-electron chi connectivity index (χ4n) is 1.81. The maximum Gasteiger partial charge on any atom is 0.338 e. The number of likely N-dealkylation sites (N-methyl/N-ethyl adjacent to an activating group) is 1. The number of nitro groups is 1. The SMILES string of the molecule is C=C(C)CN(CC)c1cc(C(=O)O)c(F)cc1[N+](=O)[O-]. The summed E-state index contributed by atoms with van der Waals surface area (Å²) in [5.41, 5.74) is -0.233. The van der Waals surface area contributed by atoms with Crippen molar-refractivity contribution in [3.05, 3.63) is 45.8 Å². The molecule has 0 amide bonds. The third-order valence-corrected chi connectivity index (χ3v) is 2.67. The molecule has 0 aliphatic carbocycles. The minimum absolute atomic E-state index is 0.0688. The second-order valence-corrected chi connectivity index (χ2v) is 4.35. The normalized spacial score (nSPS) is 10.2. The first kappa shape index (κ1) is 15.6. The molecule has 0 spiro atoms. The molecule has 0 radical (unpaired) electrons. The van der Waals surface area contributed by atoms with E-state index in [1.165, 1.54) is 0 Å². The van der Waals surface area contributed by atoms with Crippen LogP contribution in [-0.4, -0.2) is 29.1 Å². The number of benzene rings is 1. The summed E-state index contributed by atoms with van der Waals surface area (Å²) < 4.78 is 13.5. The zero-order valence-corrected chi connectivity index (χ0v) is 11.2. The van der Waals surface area contributed by atoms with Crippen molar-refractivity contribution in [2.75, 3.05) is 18.0 Å². The van der Waals surface area contributed by atoms with Crippen LogP contribution in [0.25, 0.3) is 0 Å². The van der Waals surface area contributed by atoms with Crippen LogP contribution in [0.2, 0.25) is 0 Å². The number of hydrogen-bond acceptors (Lipinski definition) is 4. The summed E-state index contributed by atoms with van der Waals surface area (Å²) in [6, 6.07) is 1.63. The summed E-state index contributed by atoms with van der Waals surface area (Å²) >= 11 is 0. The number of rotatable bonds is 6.